The standard InChI is InChI=1S/C11H10I3NO2/c1-2-15-3-4-17-11(16)8-5-7(12)6-9(13)10(8)14/h2,5-6,15H,1,3-4H2. The number of carbonyl (C=O) groups excluding carboxylic acids is 1. The second kappa shape index (κ2) is 7.77. The Bertz CT molecular complexity index is 435. The minimum absolute atomic E-state index is 0.281. The summed E-state index contributed by atoms with van der Waals surface area (Å²) in [6.45, 7) is 4.43. The van der Waals surface area contributed by atoms with Gasteiger partial charge in [-0.3, -0.25) is 0 Å². The second-order valence-corrected chi connectivity index (χ2v) is 6.53. The summed E-state index contributed by atoms with van der Waals surface area (Å²) in [4.78, 5) is 11.8. The fourth-order valence-electron chi connectivity index (χ4n) is 1.09. The molecule has 1 N–H and O–H groups in total. The van der Waals surface area contributed by atoms with Gasteiger partial charge in [0.15, 0.2) is 0 Å². The first-order chi connectivity index (χ1) is 8.06. The highest BCUT2D eigenvalue weighted by Gasteiger charge is 2.14. The number of hydrogen-bond donors (Lipinski definition) is 1. The molecule has 0 heterocycles. The number of benzene rings is 1. The Kier molecular flexibility index (Phi) is 7.07. The van der Waals surface area contributed by atoms with Crippen LogP contribution in [0.1, 0.15) is 10.4 Å². The molecule has 0 saturated carbocycles. The molecular formula is C11H10I3NO2. The van der Waals surface area contributed by atoms with E-state index in [9.17, 15) is 4.79 Å². The number of rotatable bonds is 5. The van der Waals surface area contributed by atoms with Crippen molar-refractivity contribution in [3.63, 3.8) is 0 Å². The van der Waals surface area contributed by atoms with Gasteiger partial charge in [-0.25, -0.2) is 4.79 Å². The first-order valence-electron chi connectivity index (χ1n) is 4.72. The molecule has 0 atom stereocenters. The van der Waals surface area contributed by atoms with E-state index in [0.717, 1.165) is 10.7 Å². The molecule has 1 aromatic rings. The van der Waals surface area contributed by atoms with Crippen LogP contribution in [0.3, 0.4) is 0 Å². The van der Waals surface area contributed by atoms with E-state index >= 15 is 0 Å². The van der Waals surface area contributed by atoms with Crippen LogP contribution < -0.4 is 5.32 Å². The molecule has 0 amide bonds. The normalized spacial score (nSPS) is 9.82. The van der Waals surface area contributed by atoms with Gasteiger partial charge in [0.25, 0.3) is 0 Å². The number of ether oxygens (including phenoxy) is 1. The van der Waals surface area contributed by atoms with Crippen LogP contribution in [0.25, 0.3) is 0 Å². The van der Waals surface area contributed by atoms with Crippen LogP contribution >= 0.6 is 67.8 Å². The molecule has 1 aromatic carbocycles. The Morgan fingerprint density at radius 2 is 2.12 bits per heavy atom. The van der Waals surface area contributed by atoms with Crippen molar-refractivity contribution in [3.05, 3.63) is 41.2 Å². The van der Waals surface area contributed by atoms with Crippen LogP contribution in [0.5, 0.6) is 0 Å². The van der Waals surface area contributed by atoms with Gasteiger partial charge in [-0.2, -0.15) is 0 Å². The number of hydrogen-bond acceptors (Lipinski definition) is 3. The van der Waals surface area contributed by atoms with E-state index in [1.807, 2.05) is 12.1 Å². The Balaban J connectivity index is 2.71. The van der Waals surface area contributed by atoms with Gasteiger partial charge in [-0.15, -0.1) is 0 Å². The average Bonchev–Trinajstić information content (AvgIpc) is 2.29. The van der Waals surface area contributed by atoms with E-state index in [0.29, 0.717) is 18.7 Å². The molecule has 3 nitrogen and oxygen atoms in total. The second-order valence-electron chi connectivity index (χ2n) is 3.04. The van der Waals surface area contributed by atoms with Crippen molar-refractivity contribution in [2.24, 2.45) is 0 Å². The summed E-state index contributed by atoms with van der Waals surface area (Å²) in [6.07, 6.45) is 1.58. The summed E-state index contributed by atoms with van der Waals surface area (Å²) in [7, 11) is 0. The fourth-order valence-corrected chi connectivity index (χ4v) is 3.46. The summed E-state index contributed by atoms with van der Waals surface area (Å²) in [5, 5.41) is 2.87. The van der Waals surface area contributed by atoms with E-state index in [1.54, 1.807) is 6.20 Å². The number of nitrogens with one attached hydrogen (secondary N) is 1. The third kappa shape index (κ3) is 4.89. The molecule has 0 radical (unpaired) electrons. The first-order valence-corrected chi connectivity index (χ1v) is 7.96. The minimum atomic E-state index is -0.281. The number of halogens is 3. The van der Waals surface area contributed by atoms with E-state index < -0.39 is 0 Å². The molecule has 92 valence electrons. The highest BCUT2D eigenvalue weighted by molar-refractivity contribution is 14.1. The van der Waals surface area contributed by atoms with Gasteiger partial charge >= 0.3 is 5.97 Å². The Morgan fingerprint density at radius 3 is 2.76 bits per heavy atom. The highest BCUT2D eigenvalue weighted by atomic mass is 127. The maximum absolute atomic E-state index is 11.8. The molecule has 0 aliphatic carbocycles. The Hall–Kier alpha value is 0.420. The summed E-state index contributed by atoms with van der Waals surface area (Å²) in [5.41, 5.74) is 0.625. The van der Waals surface area contributed by atoms with Gasteiger partial charge in [-0.1, -0.05) is 6.58 Å². The molecule has 17 heavy (non-hydrogen) atoms. The molecule has 0 aliphatic heterocycles. The van der Waals surface area contributed by atoms with Crippen LogP contribution in [0, 0.1) is 10.7 Å². The summed E-state index contributed by atoms with van der Waals surface area (Å²) in [6, 6.07) is 3.87. The SMILES string of the molecule is C=CNCCOC(=O)c1cc(I)cc(I)c1I. The predicted molar refractivity (Wildman–Crippen MR) is 93.1 cm³/mol. The minimum Gasteiger partial charge on any atom is -0.460 e. The summed E-state index contributed by atoms with van der Waals surface area (Å²) < 4.78 is 8.19. The van der Waals surface area contributed by atoms with Crippen molar-refractivity contribution in [2.75, 3.05) is 13.2 Å². The van der Waals surface area contributed by atoms with Gasteiger partial charge < -0.3 is 10.1 Å². The lowest BCUT2D eigenvalue weighted by Crippen LogP contribution is -2.17. The van der Waals surface area contributed by atoms with Crippen molar-refractivity contribution in [1.29, 1.82) is 0 Å². The van der Waals surface area contributed by atoms with Crippen LogP contribution in [0.15, 0.2) is 24.9 Å². The molecule has 0 aliphatic rings. The van der Waals surface area contributed by atoms with Crippen LogP contribution in [-0.4, -0.2) is 19.1 Å². The maximum Gasteiger partial charge on any atom is 0.339 e. The van der Waals surface area contributed by atoms with Crippen LogP contribution in [-0.2, 0) is 4.74 Å². The molecule has 0 bridgehead atoms. The smallest absolute Gasteiger partial charge is 0.339 e. The number of esters is 1. The van der Waals surface area contributed by atoms with Gasteiger partial charge in [-0.05, 0) is 86.1 Å². The largest absolute Gasteiger partial charge is 0.460 e. The molecule has 1 rings (SSSR count). The molecule has 0 aromatic heterocycles. The van der Waals surface area contributed by atoms with Crippen molar-refractivity contribution in [3.8, 4) is 0 Å². The quantitative estimate of drug-likeness (QED) is 0.256. The van der Waals surface area contributed by atoms with Gasteiger partial charge in [0, 0.05) is 17.3 Å². The lowest BCUT2D eigenvalue weighted by Gasteiger charge is -2.08. The zero-order chi connectivity index (χ0) is 12.8. The highest BCUT2D eigenvalue weighted by Crippen LogP contribution is 2.23. The Labute approximate surface area is 141 Å². The first kappa shape index (κ1) is 15.5. The lowest BCUT2D eigenvalue weighted by atomic mass is 10.2. The van der Waals surface area contributed by atoms with E-state index in [4.69, 9.17) is 4.74 Å². The number of carbonyl (C=O) groups is 1. The maximum atomic E-state index is 11.8. The lowest BCUT2D eigenvalue weighted by molar-refractivity contribution is 0.0510. The van der Waals surface area contributed by atoms with Crippen molar-refractivity contribution < 1.29 is 9.53 Å². The Morgan fingerprint density at radius 1 is 1.41 bits per heavy atom. The molecule has 0 fully saturated rings. The molecule has 0 saturated heterocycles. The molecule has 6 heteroatoms. The zero-order valence-corrected chi connectivity index (χ0v) is 15.3. The molecule has 0 spiro atoms. The molecule has 0 unspecified atom stereocenters. The van der Waals surface area contributed by atoms with Gasteiger partial charge in [0.2, 0.25) is 0 Å². The zero-order valence-electron chi connectivity index (χ0n) is 8.80. The van der Waals surface area contributed by atoms with Gasteiger partial charge in [0.05, 0.1) is 5.56 Å². The van der Waals surface area contributed by atoms with Gasteiger partial charge in [0.1, 0.15) is 6.61 Å². The fraction of sp³-hybridized carbons (Fsp3) is 0.182. The van der Waals surface area contributed by atoms with Crippen molar-refractivity contribution in [1.82, 2.24) is 5.32 Å². The monoisotopic (exact) mass is 569 g/mol. The van der Waals surface area contributed by atoms with Crippen LogP contribution in [0.2, 0.25) is 0 Å². The average molecular weight is 569 g/mol. The summed E-state index contributed by atoms with van der Waals surface area (Å²) >= 11 is 6.57. The topological polar surface area (TPSA) is 38.3 Å². The van der Waals surface area contributed by atoms with Crippen LogP contribution in [0.4, 0.5) is 0 Å². The molecular weight excluding hydrogens is 559 g/mol. The summed E-state index contributed by atoms with van der Waals surface area (Å²) in [5.74, 6) is -0.281. The predicted octanol–water partition coefficient (Wildman–Crippen LogP) is 3.39. The van der Waals surface area contributed by atoms with Crippen molar-refractivity contribution >= 4 is 73.7 Å². The van der Waals surface area contributed by atoms with E-state index in [2.05, 4.69) is 79.7 Å². The van der Waals surface area contributed by atoms with E-state index in [-0.39, 0.29) is 5.97 Å². The van der Waals surface area contributed by atoms with E-state index in [1.165, 1.54) is 0 Å². The third-order valence-electron chi connectivity index (χ3n) is 1.84. The van der Waals surface area contributed by atoms with Crippen molar-refractivity contribution in [2.45, 2.75) is 0 Å². The third-order valence-corrected chi connectivity index (χ3v) is 5.50.